The monoisotopic (exact) mass is 482 g/mol. The van der Waals surface area contributed by atoms with Crippen molar-refractivity contribution in [1.29, 1.82) is 0 Å². The fourth-order valence-electron chi connectivity index (χ4n) is 5.08. The minimum Gasteiger partial charge on any atom is -0.351 e. The van der Waals surface area contributed by atoms with E-state index in [0.717, 1.165) is 49.1 Å². The fourth-order valence-corrected chi connectivity index (χ4v) is 5.76. The first-order valence-electron chi connectivity index (χ1n) is 11.8. The predicted molar refractivity (Wildman–Crippen MR) is 132 cm³/mol. The van der Waals surface area contributed by atoms with Crippen LogP contribution in [0.15, 0.2) is 54.4 Å². The van der Waals surface area contributed by atoms with E-state index in [1.54, 1.807) is 33.1 Å². The van der Waals surface area contributed by atoms with Gasteiger partial charge in [0.15, 0.2) is 5.54 Å². The number of hydrogen-bond acceptors (Lipinski definition) is 4. The number of hydrogen-bond donors (Lipinski definition) is 1. The van der Waals surface area contributed by atoms with Crippen molar-refractivity contribution >= 4 is 28.6 Å². The Morgan fingerprint density at radius 2 is 1.91 bits per heavy atom. The average molecular weight is 483 g/mol. The first-order chi connectivity index (χ1) is 16.5. The molecule has 1 saturated carbocycles. The van der Waals surface area contributed by atoms with Gasteiger partial charge in [-0.1, -0.05) is 38.3 Å². The van der Waals surface area contributed by atoms with Crippen molar-refractivity contribution < 1.29 is 13.6 Å². The summed E-state index contributed by atoms with van der Waals surface area (Å²) in [5.41, 5.74) is 0.864. The van der Waals surface area contributed by atoms with Crippen LogP contribution in [-0.4, -0.2) is 33.9 Å². The van der Waals surface area contributed by atoms with Crippen molar-refractivity contribution in [3.63, 3.8) is 0 Å². The number of amides is 1. The molecule has 5 rings (SSSR count). The topological polar surface area (TPSA) is 50.2 Å². The molecule has 2 aliphatic rings. The zero-order valence-electron chi connectivity index (χ0n) is 19.0. The van der Waals surface area contributed by atoms with E-state index in [9.17, 15) is 9.18 Å². The lowest BCUT2D eigenvalue weighted by Crippen LogP contribution is -2.65. The number of alkyl halides is 1. The summed E-state index contributed by atoms with van der Waals surface area (Å²) in [6.45, 7) is 3.34. The summed E-state index contributed by atoms with van der Waals surface area (Å²) in [5.74, 6) is -0.781. The molecule has 1 aromatic carbocycles. The Bertz CT molecular complexity index is 1170. The van der Waals surface area contributed by atoms with Gasteiger partial charge in [-0.2, -0.15) is 5.10 Å². The van der Waals surface area contributed by atoms with Crippen molar-refractivity contribution in [3.05, 3.63) is 65.9 Å². The minimum atomic E-state index is -1.58. The van der Waals surface area contributed by atoms with Crippen LogP contribution in [0.2, 0.25) is 0 Å². The lowest BCUT2D eigenvalue weighted by molar-refractivity contribution is -0.128. The van der Waals surface area contributed by atoms with Crippen molar-refractivity contribution in [2.45, 2.75) is 56.7 Å². The molecule has 1 atom stereocenters. The third-order valence-electron chi connectivity index (χ3n) is 6.88. The van der Waals surface area contributed by atoms with E-state index in [1.165, 1.54) is 12.1 Å². The van der Waals surface area contributed by atoms with E-state index in [4.69, 9.17) is 5.10 Å². The molecule has 8 heteroatoms. The highest BCUT2D eigenvalue weighted by Gasteiger charge is 2.51. The molecule has 1 unspecified atom stereocenters. The number of carbonyl (C=O) groups is 1. The largest absolute Gasteiger partial charge is 0.351 e. The quantitative estimate of drug-likeness (QED) is 0.469. The van der Waals surface area contributed by atoms with E-state index < -0.39 is 18.0 Å². The van der Waals surface area contributed by atoms with Gasteiger partial charge in [0.2, 0.25) is 0 Å². The summed E-state index contributed by atoms with van der Waals surface area (Å²) < 4.78 is 30.5. The number of benzene rings is 1. The van der Waals surface area contributed by atoms with Gasteiger partial charge in [0.1, 0.15) is 18.2 Å². The van der Waals surface area contributed by atoms with Gasteiger partial charge in [-0.25, -0.2) is 8.78 Å². The Morgan fingerprint density at radius 3 is 2.56 bits per heavy atom. The van der Waals surface area contributed by atoms with Crippen molar-refractivity contribution in [1.82, 2.24) is 15.1 Å². The maximum absolute atomic E-state index is 15.1. The molecule has 178 valence electrons. The minimum absolute atomic E-state index is 0.0162. The molecule has 34 heavy (non-hydrogen) atoms. The molecule has 1 N–H and O–H groups in total. The second kappa shape index (κ2) is 9.33. The van der Waals surface area contributed by atoms with Crippen LogP contribution in [0, 0.1) is 5.82 Å². The first kappa shape index (κ1) is 22.8. The molecule has 1 fully saturated rings. The van der Waals surface area contributed by atoms with Crippen LogP contribution in [0.3, 0.4) is 0 Å². The zero-order valence-corrected chi connectivity index (χ0v) is 19.8. The lowest BCUT2D eigenvalue weighted by Gasteiger charge is -2.46. The highest BCUT2D eigenvalue weighted by molar-refractivity contribution is 7.13. The molecule has 0 spiro atoms. The van der Waals surface area contributed by atoms with Crippen molar-refractivity contribution in [2.75, 3.05) is 11.6 Å². The van der Waals surface area contributed by atoms with Crippen LogP contribution >= 0.6 is 11.3 Å². The van der Waals surface area contributed by atoms with Crippen LogP contribution in [0.5, 0.6) is 0 Å². The van der Waals surface area contributed by atoms with Gasteiger partial charge < -0.3 is 10.2 Å². The Labute approximate surface area is 202 Å². The standard InChI is InChI=1S/C26H28F2N4OS/c1-18-23-15-22(24-9-6-14-34-24)30-31(23)17-26(16-27,32(18)21-12-10-19(28)11-13-21)25(33)29-20-7-4-2-3-5-8-20/h6,9-15,20H,1-5,7-8,16-17H2,(H,29,33). The Balaban J connectivity index is 1.57. The smallest absolute Gasteiger partial charge is 0.251 e. The second-order valence-corrected chi connectivity index (χ2v) is 10.1. The number of carbonyl (C=O) groups excluding carboxylic acids is 1. The van der Waals surface area contributed by atoms with Crippen LogP contribution < -0.4 is 10.2 Å². The Morgan fingerprint density at radius 1 is 1.18 bits per heavy atom. The third kappa shape index (κ3) is 4.04. The van der Waals surface area contributed by atoms with E-state index in [-0.39, 0.29) is 18.5 Å². The van der Waals surface area contributed by atoms with E-state index in [2.05, 4.69) is 11.9 Å². The summed E-state index contributed by atoms with van der Waals surface area (Å²) in [5, 5.41) is 9.82. The molecular formula is C26H28F2N4OS. The van der Waals surface area contributed by atoms with Crippen LogP contribution in [0.4, 0.5) is 14.5 Å². The summed E-state index contributed by atoms with van der Waals surface area (Å²) in [4.78, 5) is 16.4. The predicted octanol–water partition coefficient (Wildman–Crippen LogP) is 5.79. The Kier molecular flexibility index (Phi) is 6.25. The third-order valence-corrected chi connectivity index (χ3v) is 7.77. The maximum atomic E-state index is 15.1. The van der Waals surface area contributed by atoms with Gasteiger partial charge in [-0.15, -0.1) is 11.3 Å². The molecule has 2 aromatic heterocycles. The summed E-state index contributed by atoms with van der Waals surface area (Å²) in [6.07, 6.45) is 6.19. The Hall–Kier alpha value is -3.00. The number of halogens is 2. The maximum Gasteiger partial charge on any atom is 0.251 e. The number of anilines is 1. The van der Waals surface area contributed by atoms with Gasteiger partial charge in [0.25, 0.3) is 5.91 Å². The second-order valence-electron chi connectivity index (χ2n) is 9.14. The van der Waals surface area contributed by atoms with E-state index in [0.29, 0.717) is 17.1 Å². The van der Waals surface area contributed by atoms with Crippen LogP contribution in [0.25, 0.3) is 16.3 Å². The van der Waals surface area contributed by atoms with Crippen molar-refractivity contribution in [2.24, 2.45) is 0 Å². The molecular weight excluding hydrogens is 454 g/mol. The molecule has 1 amide bonds. The van der Waals surface area contributed by atoms with Gasteiger partial charge in [0.05, 0.1) is 22.8 Å². The van der Waals surface area contributed by atoms with Gasteiger partial charge >= 0.3 is 0 Å². The van der Waals surface area contributed by atoms with Gasteiger partial charge in [-0.3, -0.25) is 9.48 Å². The first-order valence-corrected chi connectivity index (χ1v) is 12.6. The summed E-state index contributed by atoms with van der Waals surface area (Å²) in [7, 11) is 0. The van der Waals surface area contributed by atoms with E-state index >= 15 is 4.39 Å². The number of thiophene rings is 1. The molecule has 1 aliphatic carbocycles. The number of nitrogens with one attached hydrogen (secondary N) is 1. The van der Waals surface area contributed by atoms with Gasteiger partial charge in [-0.05, 0) is 54.6 Å². The highest BCUT2D eigenvalue weighted by atomic mass is 32.1. The molecule has 0 bridgehead atoms. The van der Waals surface area contributed by atoms with Crippen molar-refractivity contribution in [3.8, 4) is 10.6 Å². The number of fused-ring (bicyclic) bond motifs is 1. The highest BCUT2D eigenvalue weighted by Crippen LogP contribution is 2.40. The normalized spacial score (nSPS) is 21.2. The average Bonchev–Trinajstić information content (AvgIpc) is 3.45. The molecule has 3 heterocycles. The van der Waals surface area contributed by atoms with Crippen LogP contribution in [0.1, 0.15) is 44.2 Å². The molecule has 3 aromatic rings. The van der Waals surface area contributed by atoms with E-state index in [1.807, 2.05) is 23.6 Å². The molecule has 0 radical (unpaired) electrons. The summed E-state index contributed by atoms with van der Waals surface area (Å²) in [6, 6.07) is 11.6. The zero-order chi connectivity index (χ0) is 23.7. The number of rotatable bonds is 5. The molecule has 0 saturated heterocycles. The fraction of sp³-hybridized carbons (Fsp3) is 0.385. The van der Waals surface area contributed by atoms with Gasteiger partial charge in [0, 0.05) is 11.7 Å². The molecule has 5 nitrogen and oxygen atoms in total. The summed E-state index contributed by atoms with van der Waals surface area (Å²) >= 11 is 1.56. The lowest BCUT2D eigenvalue weighted by atomic mass is 9.91. The van der Waals surface area contributed by atoms with Crippen LogP contribution in [-0.2, 0) is 11.3 Å². The number of aromatic nitrogens is 2. The number of nitrogens with zero attached hydrogens (tertiary/aromatic N) is 3. The SMILES string of the molecule is C=C1c2cc(-c3cccs3)nn2CC(CF)(C(=O)NC2CCCCCC2)N1c1ccc(F)cc1. The molecule has 1 aliphatic heterocycles.